The van der Waals surface area contributed by atoms with Crippen LogP contribution >= 0.6 is 0 Å². The summed E-state index contributed by atoms with van der Waals surface area (Å²) in [6.07, 6.45) is -2.96. The summed E-state index contributed by atoms with van der Waals surface area (Å²) in [6.45, 7) is 2.57. The van der Waals surface area contributed by atoms with Gasteiger partial charge in [0.25, 0.3) is 6.16 Å². The lowest BCUT2D eigenvalue weighted by Gasteiger charge is -2.15. The van der Waals surface area contributed by atoms with Crippen molar-refractivity contribution in [2.24, 2.45) is 0 Å². The van der Waals surface area contributed by atoms with Crippen LogP contribution in [0.25, 0.3) is 0 Å². The SMILES string of the molecule is C1COOC1.CC(COC(=O)O)OC(=O)[O-]. The maximum atomic E-state index is 9.75. The topological polar surface area (TPSA) is 114 Å². The molecule has 0 aromatic rings. The summed E-state index contributed by atoms with van der Waals surface area (Å²) < 4.78 is 8.02. The first-order valence-corrected chi connectivity index (χ1v) is 4.50. The Morgan fingerprint density at radius 1 is 1.44 bits per heavy atom. The van der Waals surface area contributed by atoms with E-state index in [1.807, 2.05) is 0 Å². The van der Waals surface area contributed by atoms with E-state index in [1.54, 1.807) is 0 Å². The van der Waals surface area contributed by atoms with Crippen molar-refractivity contribution in [3.8, 4) is 0 Å². The molecule has 0 bridgehead atoms. The smallest absolute Gasteiger partial charge is 0.505 e. The van der Waals surface area contributed by atoms with Crippen LogP contribution in [0, 0.1) is 0 Å². The van der Waals surface area contributed by atoms with Crippen LogP contribution in [0.3, 0.4) is 0 Å². The van der Waals surface area contributed by atoms with E-state index in [4.69, 9.17) is 5.11 Å². The van der Waals surface area contributed by atoms with Gasteiger partial charge in [0.15, 0.2) is 0 Å². The lowest BCUT2D eigenvalue weighted by Crippen LogP contribution is -2.30. The van der Waals surface area contributed by atoms with Gasteiger partial charge >= 0.3 is 6.16 Å². The van der Waals surface area contributed by atoms with Crippen molar-refractivity contribution >= 4 is 12.3 Å². The highest BCUT2D eigenvalue weighted by molar-refractivity contribution is 5.57. The molecule has 8 heteroatoms. The fraction of sp³-hybridized carbons (Fsp3) is 0.750. The molecule has 1 saturated heterocycles. The minimum atomic E-state index is -1.70. The highest BCUT2D eigenvalue weighted by Gasteiger charge is 2.03. The van der Waals surface area contributed by atoms with E-state index in [0.717, 1.165) is 19.6 Å². The first-order chi connectivity index (χ1) is 7.52. The minimum absolute atomic E-state index is 0.330. The van der Waals surface area contributed by atoms with E-state index in [1.165, 1.54) is 6.92 Å². The first kappa shape index (κ1) is 14.5. The van der Waals surface area contributed by atoms with E-state index in [2.05, 4.69) is 19.2 Å². The zero-order valence-corrected chi connectivity index (χ0v) is 8.71. The molecule has 1 fully saturated rings. The summed E-state index contributed by atoms with van der Waals surface area (Å²) in [7, 11) is 0. The molecule has 1 unspecified atom stereocenters. The second-order valence-electron chi connectivity index (χ2n) is 2.75. The summed E-state index contributed by atoms with van der Waals surface area (Å²) in [4.78, 5) is 28.4. The molecule has 94 valence electrons. The van der Waals surface area contributed by atoms with Crippen molar-refractivity contribution < 1.29 is 39.1 Å². The summed E-state index contributed by atoms with van der Waals surface area (Å²) in [5.41, 5.74) is 0. The van der Waals surface area contributed by atoms with Gasteiger partial charge in [0.1, 0.15) is 6.61 Å². The molecule has 1 N–H and O–H groups in total. The molecule has 16 heavy (non-hydrogen) atoms. The lowest BCUT2D eigenvalue weighted by atomic mass is 10.4. The van der Waals surface area contributed by atoms with E-state index >= 15 is 0 Å². The largest absolute Gasteiger partial charge is 0.543 e. The van der Waals surface area contributed by atoms with Crippen molar-refractivity contribution in [3.05, 3.63) is 0 Å². The Labute approximate surface area is 91.6 Å². The van der Waals surface area contributed by atoms with Gasteiger partial charge in [-0.05, 0) is 6.92 Å². The van der Waals surface area contributed by atoms with Crippen molar-refractivity contribution in [1.82, 2.24) is 0 Å². The summed E-state index contributed by atoms with van der Waals surface area (Å²) in [5, 5.41) is 17.7. The van der Waals surface area contributed by atoms with Crippen molar-refractivity contribution in [1.29, 1.82) is 0 Å². The number of rotatable bonds is 3. The maximum absolute atomic E-state index is 9.75. The van der Waals surface area contributed by atoms with Crippen LogP contribution in [0.5, 0.6) is 0 Å². The van der Waals surface area contributed by atoms with Crippen LogP contribution in [-0.4, -0.2) is 43.3 Å². The Morgan fingerprint density at radius 3 is 2.31 bits per heavy atom. The highest BCUT2D eigenvalue weighted by atomic mass is 17.2. The number of ether oxygens (including phenoxy) is 2. The predicted octanol–water partition coefficient (Wildman–Crippen LogP) is -0.232. The van der Waals surface area contributed by atoms with E-state index in [-0.39, 0.29) is 6.61 Å². The third-order valence-corrected chi connectivity index (χ3v) is 1.28. The third-order valence-electron chi connectivity index (χ3n) is 1.28. The van der Waals surface area contributed by atoms with E-state index in [0.29, 0.717) is 0 Å². The summed E-state index contributed by atoms with van der Waals surface area (Å²) in [5.74, 6) is 0. The number of hydrogen-bond acceptors (Lipinski definition) is 7. The molecule has 0 aliphatic carbocycles. The molecule has 0 amide bonds. The van der Waals surface area contributed by atoms with Gasteiger partial charge in [-0.25, -0.2) is 14.6 Å². The highest BCUT2D eigenvalue weighted by Crippen LogP contribution is 1.93. The monoisotopic (exact) mass is 237 g/mol. The summed E-state index contributed by atoms with van der Waals surface area (Å²) in [6, 6.07) is 0. The van der Waals surface area contributed by atoms with Crippen LogP contribution in [0.15, 0.2) is 0 Å². The minimum Gasteiger partial charge on any atom is -0.543 e. The Morgan fingerprint density at radius 2 is 2.00 bits per heavy atom. The number of carbonyl (C=O) groups is 2. The van der Waals surface area contributed by atoms with Gasteiger partial charge in [-0.15, -0.1) is 0 Å². The molecule has 8 nitrogen and oxygen atoms in total. The Hall–Kier alpha value is -1.54. The van der Waals surface area contributed by atoms with Gasteiger partial charge in [-0.1, -0.05) is 0 Å². The molecule has 0 aromatic carbocycles. The van der Waals surface area contributed by atoms with Crippen molar-refractivity contribution in [2.45, 2.75) is 19.4 Å². The van der Waals surface area contributed by atoms with Gasteiger partial charge in [0.2, 0.25) is 0 Å². The van der Waals surface area contributed by atoms with Gasteiger partial charge < -0.3 is 24.5 Å². The fourth-order valence-electron chi connectivity index (χ4n) is 0.682. The van der Waals surface area contributed by atoms with E-state index in [9.17, 15) is 14.7 Å². The van der Waals surface area contributed by atoms with Crippen molar-refractivity contribution in [3.63, 3.8) is 0 Å². The maximum Gasteiger partial charge on any atom is 0.505 e. The zero-order valence-electron chi connectivity index (χ0n) is 8.71. The first-order valence-electron chi connectivity index (χ1n) is 4.50. The zero-order chi connectivity index (χ0) is 12.4. The third kappa shape index (κ3) is 10.5. The Kier molecular flexibility index (Phi) is 7.90. The predicted molar refractivity (Wildman–Crippen MR) is 46.4 cm³/mol. The van der Waals surface area contributed by atoms with Crippen LogP contribution in [0.4, 0.5) is 9.59 Å². The number of carbonyl (C=O) groups excluding carboxylic acids is 1. The van der Waals surface area contributed by atoms with Gasteiger partial charge in [-0.2, -0.15) is 0 Å². The quantitative estimate of drug-likeness (QED) is 0.528. The second-order valence-corrected chi connectivity index (χ2v) is 2.75. The average Bonchev–Trinajstić information content (AvgIpc) is 2.71. The number of carboxylic acid groups (broad SMARTS) is 2. The molecule has 1 atom stereocenters. The van der Waals surface area contributed by atoms with Crippen LogP contribution in [0.1, 0.15) is 13.3 Å². The molecule has 0 radical (unpaired) electrons. The Bertz CT molecular complexity index is 204. The molecule has 0 aromatic heterocycles. The van der Waals surface area contributed by atoms with Crippen LogP contribution < -0.4 is 5.11 Å². The summed E-state index contributed by atoms with van der Waals surface area (Å²) >= 11 is 0. The lowest BCUT2D eigenvalue weighted by molar-refractivity contribution is -0.287. The molecule has 0 spiro atoms. The standard InChI is InChI=1S/C5H8O6.C3H6O2/c1-3(11-5(8)9)2-10-4(6)7;1-2-4-5-3-1/h3H,2H2,1H3,(H,6,7)(H,8,9);1-3H2/p-1. The van der Waals surface area contributed by atoms with Gasteiger partial charge in [0.05, 0.1) is 19.3 Å². The molecular weight excluding hydrogens is 224 g/mol. The van der Waals surface area contributed by atoms with Crippen LogP contribution in [-0.2, 0) is 19.2 Å². The number of hydrogen-bond donors (Lipinski definition) is 1. The normalized spacial score (nSPS) is 15.6. The fourth-order valence-corrected chi connectivity index (χ4v) is 0.682. The van der Waals surface area contributed by atoms with Gasteiger partial charge in [-0.3, -0.25) is 0 Å². The molecule has 0 saturated carbocycles. The van der Waals surface area contributed by atoms with Crippen LogP contribution in [0.2, 0.25) is 0 Å². The average molecular weight is 237 g/mol. The van der Waals surface area contributed by atoms with Gasteiger partial charge in [0, 0.05) is 6.42 Å². The molecule has 1 aliphatic rings. The molecule has 1 rings (SSSR count). The molecule has 1 heterocycles. The Balaban J connectivity index is 0.000000368. The van der Waals surface area contributed by atoms with E-state index < -0.39 is 18.4 Å². The second kappa shape index (κ2) is 8.74. The molecular formula is C8H13O8-. The molecule has 1 aliphatic heterocycles. The van der Waals surface area contributed by atoms with Crippen molar-refractivity contribution in [2.75, 3.05) is 19.8 Å².